The molecule has 3 heteroatoms. The molecule has 1 aromatic rings. The minimum absolute atomic E-state index is 0.0786. The largest absolute Gasteiger partial charge is 0.492 e. The number of aliphatic hydroxyl groups excluding tert-OH is 1. The quantitative estimate of drug-likeness (QED) is 0.699. The van der Waals surface area contributed by atoms with E-state index in [1.807, 2.05) is 24.3 Å². The fraction of sp³-hybridized carbons (Fsp3) is 0.500. The molecule has 0 spiro atoms. The highest BCUT2D eigenvalue weighted by molar-refractivity contribution is 5.26. The third kappa shape index (κ3) is 4.81. The van der Waals surface area contributed by atoms with E-state index in [0.717, 1.165) is 17.9 Å². The van der Waals surface area contributed by atoms with E-state index in [-0.39, 0.29) is 6.61 Å². The number of hydrogen-bond donors (Lipinski definition) is 2. The Morgan fingerprint density at radius 1 is 1.27 bits per heavy atom. The predicted molar refractivity (Wildman–Crippen MR) is 61.0 cm³/mol. The lowest BCUT2D eigenvalue weighted by atomic mass is 10.2. The maximum atomic E-state index is 8.85. The lowest BCUT2D eigenvalue weighted by molar-refractivity contribution is 0.281. The second-order valence-corrected chi connectivity index (χ2v) is 3.76. The van der Waals surface area contributed by atoms with Gasteiger partial charge in [0.2, 0.25) is 0 Å². The fourth-order valence-electron chi connectivity index (χ4n) is 1.21. The van der Waals surface area contributed by atoms with Gasteiger partial charge in [0, 0.05) is 12.6 Å². The monoisotopic (exact) mass is 209 g/mol. The molecule has 0 saturated carbocycles. The van der Waals surface area contributed by atoms with Crippen LogP contribution < -0.4 is 10.1 Å². The first kappa shape index (κ1) is 12.0. The van der Waals surface area contributed by atoms with Gasteiger partial charge in [0.05, 0.1) is 6.61 Å². The molecule has 0 aliphatic rings. The van der Waals surface area contributed by atoms with Gasteiger partial charge < -0.3 is 15.2 Å². The lowest BCUT2D eigenvalue weighted by Crippen LogP contribution is -2.27. The molecule has 1 rings (SSSR count). The molecule has 1 aromatic carbocycles. The van der Waals surface area contributed by atoms with E-state index in [1.165, 1.54) is 0 Å². The van der Waals surface area contributed by atoms with Gasteiger partial charge in [-0.3, -0.25) is 0 Å². The molecule has 0 unspecified atom stereocenters. The van der Waals surface area contributed by atoms with E-state index < -0.39 is 0 Å². The molecule has 0 bridgehead atoms. The topological polar surface area (TPSA) is 41.5 Å². The zero-order valence-corrected chi connectivity index (χ0v) is 9.36. The van der Waals surface area contributed by atoms with Crippen molar-refractivity contribution in [3.63, 3.8) is 0 Å². The summed E-state index contributed by atoms with van der Waals surface area (Å²) in [6.07, 6.45) is 0. The smallest absolute Gasteiger partial charge is 0.119 e. The van der Waals surface area contributed by atoms with Crippen LogP contribution in [0.1, 0.15) is 19.4 Å². The molecule has 0 aromatic heterocycles. The summed E-state index contributed by atoms with van der Waals surface area (Å²) in [5, 5.41) is 12.1. The molecule has 0 heterocycles. The van der Waals surface area contributed by atoms with Crippen molar-refractivity contribution in [1.82, 2.24) is 5.32 Å². The van der Waals surface area contributed by atoms with Gasteiger partial charge in [0.25, 0.3) is 0 Å². The van der Waals surface area contributed by atoms with Crippen molar-refractivity contribution < 1.29 is 9.84 Å². The predicted octanol–water partition coefficient (Wildman–Crippen LogP) is 1.56. The maximum Gasteiger partial charge on any atom is 0.119 e. The van der Waals surface area contributed by atoms with Crippen LogP contribution >= 0.6 is 0 Å². The van der Waals surface area contributed by atoms with Gasteiger partial charge in [-0.1, -0.05) is 26.0 Å². The van der Waals surface area contributed by atoms with Crippen molar-refractivity contribution in [2.24, 2.45) is 0 Å². The summed E-state index contributed by atoms with van der Waals surface area (Å²) in [7, 11) is 0. The van der Waals surface area contributed by atoms with Crippen molar-refractivity contribution in [3.8, 4) is 5.75 Å². The Morgan fingerprint density at radius 3 is 2.47 bits per heavy atom. The summed E-state index contributed by atoms with van der Waals surface area (Å²) in [5.41, 5.74) is 0.905. The molecule has 84 valence electrons. The van der Waals surface area contributed by atoms with Crippen LogP contribution in [0.5, 0.6) is 5.75 Å². The van der Waals surface area contributed by atoms with Crippen molar-refractivity contribution in [2.75, 3.05) is 13.2 Å². The molecular formula is C12H19NO2. The number of benzene rings is 1. The van der Waals surface area contributed by atoms with Gasteiger partial charge in [0.15, 0.2) is 0 Å². The van der Waals surface area contributed by atoms with Crippen LogP contribution in [0.3, 0.4) is 0 Å². The van der Waals surface area contributed by atoms with Crippen molar-refractivity contribution in [1.29, 1.82) is 0 Å². The molecule has 0 saturated heterocycles. The summed E-state index contributed by atoms with van der Waals surface area (Å²) in [6, 6.07) is 7.98. The van der Waals surface area contributed by atoms with Gasteiger partial charge >= 0.3 is 0 Å². The van der Waals surface area contributed by atoms with Crippen LogP contribution in [0.4, 0.5) is 0 Å². The Balaban J connectivity index is 2.25. The number of aliphatic hydroxyl groups is 1. The summed E-state index contributed by atoms with van der Waals surface area (Å²) >= 11 is 0. The minimum atomic E-state index is 0.0786. The van der Waals surface area contributed by atoms with Crippen LogP contribution in [0, 0.1) is 0 Å². The molecule has 0 fully saturated rings. The summed E-state index contributed by atoms with van der Waals surface area (Å²) in [6.45, 7) is 5.80. The van der Waals surface area contributed by atoms with E-state index in [2.05, 4.69) is 19.2 Å². The van der Waals surface area contributed by atoms with Crippen LogP contribution in [-0.4, -0.2) is 24.3 Å². The van der Waals surface area contributed by atoms with Crippen molar-refractivity contribution >= 4 is 0 Å². The summed E-state index contributed by atoms with van der Waals surface area (Å²) in [5.74, 6) is 0.845. The van der Waals surface area contributed by atoms with Gasteiger partial charge in [-0.2, -0.15) is 0 Å². The van der Waals surface area contributed by atoms with Gasteiger partial charge in [-0.15, -0.1) is 0 Å². The molecule has 0 radical (unpaired) electrons. The first-order chi connectivity index (χ1) is 7.22. The van der Waals surface area contributed by atoms with Crippen LogP contribution in [0.15, 0.2) is 24.3 Å². The highest BCUT2D eigenvalue weighted by atomic mass is 16.5. The Hall–Kier alpha value is -1.06. The Kier molecular flexibility index (Phi) is 5.15. The molecule has 0 amide bonds. The molecule has 15 heavy (non-hydrogen) atoms. The lowest BCUT2D eigenvalue weighted by Gasteiger charge is -2.09. The van der Waals surface area contributed by atoms with E-state index in [9.17, 15) is 0 Å². The van der Waals surface area contributed by atoms with Crippen LogP contribution in [0.25, 0.3) is 0 Å². The summed E-state index contributed by atoms with van der Waals surface area (Å²) < 4.78 is 5.51. The van der Waals surface area contributed by atoms with Gasteiger partial charge in [0.1, 0.15) is 12.4 Å². The molecule has 0 aliphatic heterocycles. The molecule has 0 atom stereocenters. The molecule has 3 nitrogen and oxygen atoms in total. The average Bonchev–Trinajstić information content (AvgIpc) is 2.25. The third-order valence-corrected chi connectivity index (χ3v) is 2.03. The van der Waals surface area contributed by atoms with Crippen molar-refractivity contribution in [2.45, 2.75) is 26.5 Å². The maximum absolute atomic E-state index is 8.85. The second-order valence-electron chi connectivity index (χ2n) is 3.76. The van der Waals surface area contributed by atoms with E-state index >= 15 is 0 Å². The molecular weight excluding hydrogens is 190 g/mol. The zero-order chi connectivity index (χ0) is 11.1. The fourth-order valence-corrected chi connectivity index (χ4v) is 1.21. The Morgan fingerprint density at radius 2 is 1.93 bits per heavy atom. The molecule has 0 aliphatic carbocycles. The van der Waals surface area contributed by atoms with E-state index in [1.54, 1.807) is 0 Å². The standard InChI is InChI=1S/C12H19NO2/c1-10(2)13-7-8-15-12-5-3-11(9-14)4-6-12/h3-6,10,13-14H,7-9H2,1-2H3. The van der Waals surface area contributed by atoms with Gasteiger partial charge in [-0.25, -0.2) is 0 Å². The highest BCUT2D eigenvalue weighted by Gasteiger charge is 1.95. The molecule has 2 N–H and O–H groups in total. The third-order valence-electron chi connectivity index (χ3n) is 2.03. The van der Waals surface area contributed by atoms with E-state index in [0.29, 0.717) is 12.6 Å². The Labute approximate surface area is 91.1 Å². The van der Waals surface area contributed by atoms with E-state index in [4.69, 9.17) is 9.84 Å². The SMILES string of the molecule is CC(C)NCCOc1ccc(CO)cc1. The zero-order valence-electron chi connectivity index (χ0n) is 9.36. The van der Waals surface area contributed by atoms with Crippen LogP contribution in [-0.2, 0) is 6.61 Å². The number of nitrogens with one attached hydrogen (secondary N) is 1. The Bertz CT molecular complexity index is 269. The summed E-state index contributed by atoms with van der Waals surface area (Å²) in [4.78, 5) is 0. The first-order valence-electron chi connectivity index (χ1n) is 5.28. The number of ether oxygens (including phenoxy) is 1. The number of hydrogen-bond acceptors (Lipinski definition) is 3. The highest BCUT2D eigenvalue weighted by Crippen LogP contribution is 2.11. The minimum Gasteiger partial charge on any atom is -0.492 e. The van der Waals surface area contributed by atoms with Gasteiger partial charge in [-0.05, 0) is 17.7 Å². The normalized spacial score (nSPS) is 10.7. The van der Waals surface area contributed by atoms with Crippen molar-refractivity contribution in [3.05, 3.63) is 29.8 Å². The van der Waals surface area contributed by atoms with Crippen LogP contribution in [0.2, 0.25) is 0 Å². The first-order valence-corrected chi connectivity index (χ1v) is 5.28. The second kappa shape index (κ2) is 6.43. The average molecular weight is 209 g/mol. The number of rotatable bonds is 6.